The summed E-state index contributed by atoms with van der Waals surface area (Å²) >= 11 is 0. The number of sulfonamides is 1. The Kier molecular flexibility index (Phi) is 8.10. The molecular weight excluding hydrogens is 492 g/mol. The van der Waals surface area contributed by atoms with Crippen molar-refractivity contribution in [1.29, 1.82) is 0 Å². The number of amides is 1. The lowest BCUT2D eigenvalue weighted by atomic mass is 10.1. The molecule has 2 N–H and O–H groups in total. The van der Waals surface area contributed by atoms with E-state index in [-0.39, 0.29) is 16.9 Å². The Balaban J connectivity index is 1.45. The molecule has 0 radical (unpaired) electrons. The Morgan fingerprint density at radius 3 is 2.41 bits per heavy atom. The Morgan fingerprint density at radius 2 is 1.70 bits per heavy atom. The van der Waals surface area contributed by atoms with Crippen LogP contribution in [0.2, 0.25) is 0 Å². The average molecular weight is 523 g/mol. The van der Waals surface area contributed by atoms with Crippen LogP contribution in [0.25, 0.3) is 11.1 Å². The summed E-state index contributed by atoms with van der Waals surface area (Å²) in [7, 11) is -0.569. The van der Waals surface area contributed by atoms with E-state index in [2.05, 4.69) is 14.9 Å². The standard InChI is InChI=1S/C27H30N4O5S/c1-30(21-12-7-4-8-13-21)17-9-16-28-26(32)23(18-20-10-5-3-6-11-20)29-37(34,35)22-14-15-24-25(19-22)36-27(33)31(24)2/h3-8,10-15,19,23,29H,9,16-18H2,1-2H3,(H,28,32)/t23-/m1/s1. The lowest BCUT2D eigenvalue weighted by molar-refractivity contribution is -0.122. The molecule has 0 spiro atoms. The third kappa shape index (κ3) is 6.46. The van der Waals surface area contributed by atoms with E-state index in [1.165, 1.54) is 22.8 Å². The molecule has 194 valence electrons. The van der Waals surface area contributed by atoms with Crippen LogP contribution in [-0.2, 0) is 28.3 Å². The summed E-state index contributed by atoms with van der Waals surface area (Å²) in [6, 6.07) is 22.3. The molecule has 1 aromatic heterocycles. The van der Waals surface area contributed by atoms with Gasteiger partial charge in [-0.15, -0.1) is 0 Å². The number of benzene rings is 3. The minimum atomic E-state index is -4.09. The first-order chi connectivity index (χ1) is 17.7. The van der Waals surface area contributed by atoms with Crippen LogP contribution in [0.4, 0.5) is 5.69 Å². The van der Waals surface area contributed by atoms with Crippen LogP contribution in [0.5, 0.6) is 0 Å². The molecule has 0 saturated heterocycles. The van der Waals surface area contributed by atoms with Gasteiger partial charge in [0.15, 0.2) is 5.58 Å². The molecule has 1 heterocycles. The highest BCUT2D eigenvalue weighted by Gasteiger charge is 2.26. The van der Waals surface area contributed by atoms with Crippen molar-refractivity contribution >= 4 is 32.7 Å². The molecular formula is C27H30N4O5S. The van der Waals surface area contributed by atoms with Crippen molar-refractivity contribution < 1.29 is 17.6 Å². The fraction of sp³-hybridized carbons (Fsp3) is 0.259. The van der Waals surface area contributed by atoms with Gasteiger partial charge in [-0.05, 0) is 42.7 Å². The lowest BCUT2D eigenvalue weighted by Gasteiger charge is -2.21. The van der Waals surface area contributed by atoms with Crippen molar-refractivity contribution in [2.24, 2.45) is 7.05 Å². The van der Waals surface area contributed by atoms with E-state index in [9.17, 15) is 18.0 Å². The molecule has 0 aliphatic heterocycles. The van der Waals surface area contributed by atoms with Crippen molar-refractivity contribution in [2.45, 2.75) is 23.8 Å². The average Bonchev–Trinajstić information content (AvgIpc) is 3.19. The number of aromatic nitrogens is 1. The van der Waals surface area contributed by atoms with Gasteiger partial charge < -0.3 is 14.6 Å². The highest BCUT2D eigenvalue weighted by molar-refractivity contribution is 7.89. The lowest BCUT2D eigenvalue weighted by Crippen LogP contribution is -2.48. The number of carbonyl (C=O) groups excluding carboxylic acids is 1. The molecule has 4 rings (SSSR count). The summed E-state index contributed by atoms with van der Waals surface area (Å²) in [5, 5.41) is 2.87. The highest BCUT2D eigenvalue weighted by Crippen LogP contribution is 2.19. The summed E-state index contributed by atoms with van der Waals surface area (Å²) in [5.74, 6) is -1.00. The van der Waals surface area contributed by atoms with Gasteiger partial charge in [-0.3, -0.25) is 9.36 Å². The van der Waals surface area contributed by atoms with E-state index < -0.39 is 27.7 Å². The molecule has 4 aromatic rings. The van der Waals surface area contributed by atoms with Gasteiger partial charge in [-0.25, -0.2) is 13.2 Å². The van der Waals surface area contributed by atoms with Crippen LogP contribution in [0.15, 0.2) is 93.0 Å². The zero-order chi connectivity index (χ0) is 26.4. The Hall–Kier alpha value is -3.89. The second kappa shape index (κ2) is 11.4. The summed E-state index contributed by atoms with van der Waals surface area (Å²) in [4.78, 5) is 26.9. The summed E-state index contributed by atoms with van der Waals surface area (Å²) in [5.41, 5.74) is 2.53. The van der Waals surface area contributed by atoms with Crippen LogP contribution in [0, 0.1) is 0 Å². The van der Waals surface area contributed by atoms with Crippen LogP contribution >= 0.6 is 0 Å². The SMILES string of the molecule is CN(CCCNC(=O)[C@@H](Cc1ccccc1)NS(=O)(=O)c1ccc2c(c1)oc(=O)n2C)c1ccccc1. The van der Waals surface area contributed by atoms with Gasteiger partial charge >= 0.3 is 5.76 Å². The maximum absolute atomic E-state index is 13.2. The minimum absolute atomic E-state index is 0.0929. The van der Waals surface area contributed by atoms with Crippen molar-refractivity contribution in [2.75, 3.05) is 25.0 Å². The number of hydrogen-bond acceptors (Lipinski definition) is 6. The molecule has 0 fully saturated rings. The van der Waals surface area contributed by atoms with Gasteiger partial charge in [0.2, 0.25) is 15.9 Å². The largest absolute Gasteiger partial charge is 0.419 e. The zero-order valence-corrected chi connectivity index (χ0v) is 21.6. The fourth-order valence-corrected chi connectivity index (χ4v) is 5.25. The van der Waals surface area contributed by atoms with Gasteiger partial charge in [-0.1, -0.05) is 48.5 Å². The van der Waals surface area contributed by atoms with E-state index in [1.807, 2.05) is 67.7 Å². The van der Waals surface area contributed by atoms with Crippen molar-refractivity contribution in [1.82, 2.24) is 14.6 Å². The highest BCUT2D eigenvalue weighted by atomic mass is 32.2. The second-order valence-electron chi connectivity index (χ2n) is 8.82. The van der Waals surface area contributed by atoms with E-state index in [0.29, 0.717) is 18.5 Å². The summed E-state index contributed by atoms with van der Waals surface area (Å²) < 4.78 is 35.4. The number of para-hydroxylation sites is 1. The van der Waals surface area contributed by atoms with E-state index in [0.717, 1.165) is 17.8 Å². The maximum atomic E-state index is 13.2. The number of rotatable bonds is 11. The molecule has 0 bridgehead atoms. The molecule has 1 atom stereocenters. The summed E-state index contributed by atoms with van der Waals surface area (Å²) in [6.45, 7) is 1.12. The quantitative estimate of drug-likeness (QED) is 0.293. The number of carbonyl (C=O) groups is 1. The zero-order valence-electron chi connectivity index (χ0n) is 20.8. The molecule has 3 aromatic carbocycles. The molecule has 9 nitrogen and oxygen atoms in total. The number of anilines is 1. The number of nitrogens with one attached hydrogen (secondary N) is 2. The predicted molar refractivity (Wildman–Crippen MR) is 143 cm³/mol. The van der Waals surface area contributed by atoms with Crippen LogP contribution in [0.3, 0.4) is 0 Å². The molecule has 0 aliphatic rings. The Bertz CT molecular complexity index is 1510. The van der Waals surface area contributed by atoms with Crippen LogP contribution in [-0.4, -0.2) is 45.1 Å². The molecule has 0 saturated carbocycles. The second-order valence-corrected chi connectivity index (χ2v) is 10.5. The molecule has 10 heteroatoms. The van der Waals surface area contributed by atoms with Gasteiger partial charge in [0.25, 0.3) is 0 Å². The number of nitrogens with zero attached hydrogens (tertiary/aromatic N) is 2. The van der Waals surface area contributed by atoms with Gasteiger partial charge in [0.1, 0.15) is 6.04 Å². The van der Waals surface area contributed by atoms with E-state index in [1.54, 1.807) is 7.05 Å². The van der Waals surface area contributed by atoms with Gasteiger partial charge in [0, 0.05) is 38.9 Å². The number of fused-ring (bicyclic) bond motifs is 1. The molecule has 0 unspecified atom stereocenters. The first-order valence-electron chi connectivity index (χ1n) is 11.9. The minimum Gasteiger partial charge on any atom is -0.408 e. The molecule has 0 aliphatic carbocycles. The fourth-order valence-electron chi connectivity index (χ4n) is 4.04. The number of aryl methyl sites for hydroxylation is 1. The third-order valence-corrected chi connectivity index (χ3v) is 7.61. The topological polar surface area (TPSA) is 114 Å². The monoisotopic (exact) mass is 522 g/mol. The molecule has 37 heavy (non-hydrogen) atoms. The van der Waals surface area contributed by atoms with Gasteiger partial charge in [-0.2, -0.15) is 4.72 Å². The third-order valence-electron chi connectivity index (χ3n) is 6.14. The van der Waals surface area contributed by atoms with Crippen molar-refractivity contribution in [3.05, 3.63) is 95.0 Å². The Morgan fingerprint density at radius 1 is 1.03 bits per heavy atom. The van der Waals surface area contributed by atoms with Crippen molar-refractivity contribution in [3.8, 4) is 0 Å². The van der Waals surface area contributed by atoms with Crippen LogP contribution in [0.1, 0.15) is 12.0 Å². The Labute approximate surface area is 215 Å². The van der Waals surface area contributed by atoms with Crippen molar-refractivity contribution in [3.63, 3.8) is 0 Å². The first-order valence-corrected chi connectivity index (χ1v) is 13.4. The van der Waals surface area contributed by atoms with E-state index in [4.69, 9.17) is 4.42 Å². The first kappa shape index (κ1) is 26.2. The van der Waals surface area contributed by atoms with Gasteiger partial charge in [0.05, 0.1) is 10.4 Å². The normalized spacial score (nSPS) is 12.4. The number of oxazole rings is 1. The van der Waals surface area contributed by atoms with Crippen LogP contribution < -0.4 is 20.7 Å². The maximum Gasteiger partial charge on any atom is 0.419 e. The smallest absolute Gasteiger partial charge is 0.408 e. The summed E-state index contributed by atoms with van der Waals surface area (Å²) in [6.07, 6.45) is 0.865. The number of hydrogen-bond donors (Lipinski definition) is 2. The molecule has 1 amide bonds. The predicted octanol–water partition coefficient (Wildman–Crippen LogP) is 2.66. The van der Waals surface area contributed by atoms with E-state index >= 15 is 0 Å².